The van der Waals surface area contributed by atoms with Gasteiger partial charge in [0.1, 0.15) is 0 Å². The van der Waals surface area contributed by atoms with Crippen molar-refractivity contribution in [2.45, 2.75) is 89.6 Å². The van der Waals surface area contributed by atoms with Crippen molar-refractivity contribution in [1.29, 1.82) is 0 Å². The van der Waals surface area contributed by atoms with Crippen molar-refractivity contribution in [2.24, 2.45) is 0 Å². The lowest BCUT2D eigenvalue weighted by molar-refractivity contribution is 1.06. The van der Waals surface area contributed by atoms with Gasteiger partial charge in [0.15, 0.2) is 0 Å². The van der Waals surface area contributed by atoms with E-state index in [2.05, 4.69) is 90.7 Å². The lowest BCUT2D eigenvalue weighted by Gasteiger charge is -2.45. The lowest BCUT2D eigenvalue weighted by atomic mass is 10.2. The lowest BCUT2D eigenvalue weighted by Crippen LogP contribution is -2.44. The molecule has 0 aromatic carbocycles. The van der Waals surface area contributed by atoms with Crippen LogP contribution in [0, 0.1) is 0 Å². The van der Waals surface area contributed by atoms with Crippen LogP contribution in [0.2, 0.25) is 89.6 Å². The van der Waals surface area contributed by atoms with Crippen LogP contribution in [0.4, 0.5) is 0 Å². The van der Waals surface area contributed by atoms with E-state index in [1.165, 1.54) is 0 Å². The summed E-state index contributed by atoms with van der Waals surface area (Å²) >= 11 is 0. The van der Waals surface area contributed by atoms with Crippen LogP contribution < -0.4 is 0 Å². The first-order chi connectivity index (χ1) is 9.45. The van der Waals surface area contributed by atoms with Crippen molar-refractivity contribution in [3.05, 3.63) is 22.5 Å². The maximum atomic E-state index is 2.81. The van der Waals surface area contributed by atoms with Crippen molar-refractivity contribution in [3.8, 4) is 0 Å². The molecule has 0 nitrogen and oxygen atoms in total. The average molecular weight is 369 g/mol. The highest BCUT2D eigenvalue weighted by Crippen LogP contribution is 2.49. The van der Waals surface area contributed by atoms with E-state index in [-0.39, 0.29) is 0 Å². The fourth-order valence-corrected chi connectivity index (χ4v) is 15.9. The van der Waals surface area contributed by atoms with E-state index in [9.17, 15) is 0 Å². The average Bonchev–Trinajstić information content (AvgIpc) is 2.22. The molecule has 0 saturated carbocycles. The molecule has 0 aromatic heterocycles. The number of hydrogen-bond donors (Lipinski definition) is 0. The highest BCUT2D eigenvalue weighted by molar-refractivity contribution is 6.91. The minimum absolute atomic E-state index is 0.786. The number of hydrogen-bond acceptors (Lipinski definition) is 0. The fourth-order valence-electron chi connectivity index (χ4n) is 3.61. The molecule has 0 radical (unpaired) electrons. The first kappa shape index (κ1) is 20.4. The van der Waals surface area contributed by atoms with Crippen LogP contribution >= 0.6 is 0 Å². The Morgan fingerprint density at radius 2 is 0.727 bits per heavy atom. The monoisotopic (exact) mass is 368 g/mol. The van der Waals surface area contributed by atoms with E-state index >= 15 is 0 Å². The van der Waals surface area contributed by atoms with E-state index in [1.54, 1.807) is 0 Å². The van der Waals surface area contributed by atoms with Crippen LogP contribution in [0.1, 0.15) is 0 Å². The molecule has 2 atom stereocenters. The van der Waals surface area contributed by atoms with Gasteiger partial charge in [0, 0.05) is 0 Å². The maximum Gasteiger partial charge on any atom is 0.0724 e. The quantitative estimate of drug-likeness (QED) is 0.467. The molecule has 0 aromatic rings. The third-order valence-electron chi connectivity index (χ3n) is 4.96. The molecule has 1 rings (SSSR count). The Labute approximate surface area is 144 Å². The summed E-state index contributed by atoms with van der Waals surface area (Å²) in [5.41, 5.74) is 1.57. The van der Waals surface area contributed by atoms with Crippen LogP contribution in [0.3, 0.4) is 0 Å². The van der Waals surface area contributed by atoms with Gasteiger partial charge in [-0.05, 0) is 11.1 Å². The van der Waals surface area contributed by atoms with Gasteiger partial charge >= 0.3 is 0 Å². The van der Waals surface area contributed by atoms with Crippen molar-refractivity contribution in [3.63, 3.8) is 0 Å². The van der Waals surface area contributed by atoms with Crippen molar-refractivity contribution in [2.75, 3.05) is 0 Å². The Kier molecular flexibility index (Phi) is 5.57. The maximum absolute atomic E-state index is 2.81. The van der Waals surface area contributed by atoms with Crippen LogP contribution in [0.5, 0.6) is 0 Å². The molecular weight excluding hydrogens is 329 g/mol. The van der Waals surface area contributed by atoms with Gasteiger partial charge in [-0.2, -0.15) is 0 Å². The molecule has 0 bridgehead atoms. The number of rotatable bonds is 4. The third-order valence-corrected chi connectivity index (χ3v) is 14.6. The third kappa shape index (κ3) is 4.68. The predicted molar refractivity (Wildman–Crippen MR) is 117 cm³/mol. The molecule has 0 unspecified atom stereocenters. The van der Waals surface area contributed by atoms with Gasteiger partial charge in [-0.1, -0.05) is 101 Å². The molecule has 0 fully saturated rings. The minimum Gasteiger partial charge on any atom is -0.0848 e. The standard InChI is InChI=1S/C18H40Si4/c1-19(2,3)15-13-17(21(7,8)9)18(22(10,11)12)14-16(15)20(4,5)6/h13-15,18H,1-12H3/t15-,18-/m0/s1. The summed E-state index contributed by atoms with van der Waals surface area (Å²) in [6, 6.07) is 0. The summed E-state index contributed by atoms with van der Waals surface area (Å²) in [4.78, 5) is 0. The summed E-state index contributed by atoms with van der Waals surface area (Å²) < 4.78 is 0. The number of allylic oxidation sites excluding steroid dienone is 4. The van der Waals surface area contributed by atoms with E-state index in [0.29, 0.717) is 0 Å². The van der Waals surface area contributed by atoms with Gasteiger partial charge < -0.3 is 0 Å². The van der Waals surface area contributed by atoms with Crippen LogP contribution in [-0.4, -0.2) is 32.3 Å². The van der Waals surface area contributed by atoms with Crippen molar-refractivity contribution >= 4 is 32.3 Å². The summed E-state index contributed by atoms with van der Waals surface area (Å²) in [6.45, 7) is 30.7. The Morgan fingerprint density at radius 1 is 0.500 bits per heavy atom. The second-order valence-electron chi connectivity index (χ2n) is 11.4. The molecule has 0 saturated heterocycles. The van der Waals surface area contributed by atoms with Gasteiger partial charge in [-0.15, -0.1) is 0 Å². The molecule has 0 spiro atoms. The SMILES string of the molecule is C[Si](C)(C)C1=C[C@H]([Si](C)(C)C)C([Si](C)(C)C)=C[C@@H]1[Si](C)(C)C. The summed E-state index contributed by atoms with van der Waals surface area (Å²) in [5, 5.41) is 3.75. The summed E-state index contributed by atoms with van der Waals surface area (Å²) in [6.07, 6.45) is 5.63. The molecule has 128 valence electrons. The van der Waals surface area contributed by atoms with Gasteiger partial charge in [0.25, 0.3) is 0 Å². The first-order valence-corrected chi connectivity index (χ1v) is 23.1. The van der Waals surface area contributed by atoms with Crippen LogP contribution in [0.25, 0.3) is 0 Å². The largest absolute Gasteiger partial charge is 0.0848 e. The highest BCUT2D eigenvalue weighted by atomic mass is 28.3. The first-order valence-electron chi connectivity index (χ1n) is 8.90. The zero-order valence-corrected chi connectivity index (χ0v) is 21.3. The predicted octanol–water partition coefficient (Wildman–Crippen LogP) is 7.02. The van der Waals surface area contributed by atoms with Crippen LogP contribution in [-0.2, 0) is 0 Å². The molecular formula is C18H40Si4. The smallest absolute Gasteiger partial charge is 0.0724 e. The van der Waals surface area contributed by atoms with Gasteiger partial charge in [0.05, 0.1) is 32.3 Å². The molecule has 1 aliphatic carbocycles. The molecule has 0 N–H and O–H groups in total. The van der Waals surface area contributed by atoms with Crippen LogP contribution in [0.15, 0.2) is 22.5 Å². The minimum atomic E-state index is -1.25. The van der Waals surface area contributed by atoms with E-state index < -0.39 is 32.3 Å². The van der Waals surface area contributed by atoms with E-state index in [1.807, 2.05) is 10.4 Å². The molecule has 4 heteroatoms. The molecule has 0 heterocycles. The Bertz CT molecular complexity index is 427. The van der Waals surface area contributed by atoms with E-state index in [4.69, 9.17) is 0 Å². The zero-order chi connectivity index (χ0) is 17.7. The summed E-state index contributed by atoms with van der Waals surface area (Å²) in [7, 11) is -4.92. The van der Waals surface area contributed by atoms with E-state index in [0.717, 1.165) is 11.1 Å². The van der Waals surface area contributed by atoms with Gasteiger partial charge in [-0.3, -0.25) is 0 Å². The normalized spacial score (nSPS) is 24.9. The Hall–Kier alpha value is 0.348. The van der Waals surface area contributed by atoms with Crippen molar-refractivity contribution in [1.82, 2.24) is 0 Å². The van der Waals surface area contributed by atoms with Gasteiger partial charge in [0.2, 0.25) is 0 Å². The van der Waals surface area contributed by atoms with Crippen molar-refractivity contribution < 1.29 is 0 Å². The second kappa shape index (κ2) is 6.01. The highest BCUT2D eigenvalue weighted by Gasteiger charge is 2.43. The Balaban J connectivity index is 3.57. The zero-order valence-electron chi connectivity index (χ0n) is 17.3. The summed E-state index contributed by atoms with van der Waals surface area (Å²) in [5.74, 6) is 0. The fraction of sp³-hybridized carbons (Fsp3) is 0.778. The molecule has 0 amide bonds. The molecule has 0 aliphatic heterocycles. The molecule has 22 heavy (non-hydrogen) atoms. The van der Waals surface area contributed by atoms with Gasteiger partial charge in [-0.25, -0.2) is 0 Å². The second-order valence-corrected chi connectivity index (χ2v) is 32.3. The molecule has 1 aliphatic rings. The Morgan fingerprint density at radius 3 is 0.864 bits per heavy atom. The topological polar surface area (TPSA) is 0 Å².